The van der Waals surface area contributed by atoms with Crippen LogP contribution in [0.2, 0.25) is 0 Å². The predicted molar refractivity (Wildman–Crippen MR) is 67.7 cm³/mol. The van der Waals surface area contributed by atoms with Crippen molar-refractivity contribution in [3.8, 4) is 0 Å². The molecule has 96 valence electrons. The number of ketones is 1. The van der Waals surface area contributed by atoms with Crippen molar-refractivity contribution in [2.45, 2.75) is 12.8 Å². The number of nitrogens with one attached hydrogen (secondary N) is 1. The largest absolute Gasteiger partial charge is 0.465 e. The van der Waals surface area contributed by atoms with Crippen LogP contribution in [-0.2, 0) is 4.74 Å². The van der Waals surface area contributed by atoms with Gasteiger partial charge < -0.3 is 10.1 Å². The molecule has 0 atom stereocenters. The number of carbonyl (C=O) groups excluding carboxylic acids is 2. The van der Waals surface area contributed by atoms with E-state index in [0.717, 1.165) is 25.9 Å². The number of piperidine rings is 1. The van der Waals surface area contributed by atoms with Crippen molar-refractivity contribution in [1.82, 2.24) is 5.32 Å². The van der Waals surface area contributed by atoms with Gasteiger partial charge in [-0.15, -0.1) is 0 Å². The van der Waals surface area contributed by atoms with E-state index in [9.17, 15) is 9.59 Å². The number of carbonyl (C=O) groups is 2. The Morgan fingerprint density at radius 3 is 2.22 bits per heavy atom. The summed E-state index contributed by atoms with van der Waals surface area (Å²) >= 11 is 0. The molecule has 0 bridgehead atoms. The highest BCUT2D eigenvalue weighted by molar-refractivity contribution is 5.99. The van der Waals surface area contributed by atoms with Crippen LogP contribution >= 0.6 is 0 Å². The van der Waals surface area contributed by atoms with Gasteiger partial charge in [-0.05, 0) is 38.1 Å². The van der Waals surface area contributed by atoms with Gasteiger partial charge >= 0.3 is 5.97 Å². The zero-order valence-corrected chi connectivity index (χ0v) is 10.4. The molecular formula is C14H17NO3. The Labute approximate surface area is 106 Å². The predicted octanol–water partition coefficient (Wildman–Crippen LogP) is 1.66. The molecule has 0 spiro atoms. The average molecular weight is 247 g/mol. The van der Waals surface area contributed by atoms with Crippen LogP contribution in [0.3, 0.4) is 0 Å². The fourth-order valence-corrected chi connectivity index (χ4v) is 2.21. The van der Waals surface area contributed by atoms with Gasteiger partial charge in [-0.25, -0.2) is 4.79 Å². The maximum Gasteiger partial charge on any atom is 0.337 e. The minimum absolute atomic E-state index is 0.107. The standard InChI is InChI=1S/C14H17NO3/c1-18-14(17)12-4-2-10(3-5-12)13(16)11-6-8-15-9-7-11/h2-5,11,15H,6-9H2,1H3. The summed E-state index contributed by atoms with van der Waals surface area (Å²) in [6.07, 6.45) is 1.77. The number of ether oxygens (including phenoxy) is 1. The Morgan fingerprint density at radius 2 is 1.67 bits per heavy atom. The van der Waals surface area contributed by atoms with Crippen molar-refractivity contribution in [3.05, 3.63) is 35.4 Å². The number of esters is 1. The van der Waals surface area contributed by atoms with Crippen molar-refractivity contribution < 1.29 is 14.3 Å². The van der Waals surface area contributed by atoms with E-state index in [2.05, 4.69) is 10.1 Å². The van der Waals surface area contributed by atoms with Crippen LogP contribution < -0.4 is 5.32 Å². The van der Waals surface area contributed by atoms with E-state index >= 15 is 0 Å². The molecule has 18 heavy (non-hydrogen) atoms. The summed E-state index contributed by atoms with van der Waals surface area (Å²) in [6, 6.07) is 6.69. The molecule has 1 saturated heterocycles. The second-order valence-corrected chi connectivity index (χ2v) is 4.46. The Bertz CT molecular complexity index is 433. The van der Waals surface area contributed by atoms with Crippen LogP contribution in [0.25, 0.3) is 0 Å². The molecule has 1 heterocycles. The number of benzene rings is 1. The van der Waals surface area contributed by atoms with Crippen LogP contribution in [0.15, 0.2) is 24.3 Å². The molecule has 0 radical (unpaired) electrons. The normalized spacial score (nSPS) is 16.3. The van der Waals surface area contributed by atoms with Gasteiger partial charge in [-0.1, -0.05) is 12.1 Å². The first kappa shape index (κ1) is 12.8. The molecule has 0 aliphatic carbocycles. The van der Waals surface area contributed by atoms with Gasteiger partial charge in [-0.2, -0.15) is 0 Å². The summed E-state index contributed by atoms with van der Waals surface area (Å²) in [7, 11) is 1.34. The monoisotopic (exact) mass is 247 g/mol. The van der Waals surface area contributed by atoms with Gasteiger partial charge in [0.2, 0.25) is 0 Å². The highest BCUT2D eigenvalue weighted by atomic mass is 16.5. The van der Waals surface area contributed by atoms with Crippen molar-refractivity contribution in [2.24, 2.45) is 5.92 Å². The molecule has 0 aromatic heterocycles. The van der Waals surface area contributed by atoms with Crippen molar-refractivity contribution in [2.75, 3.05) is 20.2 Å². The summed E-state index contributed by atoms with van der Waals surface area (Å²) in [4.78, 5) is 23.5. The van der Waals surface area contributed by atoms with Crippen LogP contribution in [0.4, 0.5) is 0 Å². The summed E-state index contributed by atoms with van der Waals surface area (Å²) in [5.41, 5.74) is 1.15. The lowest BCUT2D eigenvalue weighted by Gasteiger charge is -2.21. The fraction of sp³-hybridized carbons (Fsp3) is 0.429. The van der Waals surface area contributed by atoms with E-state index in [4.69, 9.17) is 0 Å². The van der Waals surface area contributed by atoms with Gasteiger partial charge in [-0.3, -0.25) is 4.79 Å². The second kappa shape index (κ2) is 5.78. The minimum Gasteiger partial charge on any atom is -0.465 e. The highest BCUT2D eigenvalue weighted by Crippen LogP contribution is 2.18. The maximum absolute atomic E-state index is 12.2. The molecule has 1 aromatic rings. The molecule has 0 unspecified atom stereocenters. The Hall–Kier alpha value is -1.68. The van der Waals surface area contributed by atoms with Crippen molar-refractivity contribution in [3.63, 3.8) is 0 Å². The lowest BCUT2D eigenvalue weighted by molar-refractivity contribution is 0.0600. The first-order valence-corrected chi connectivity index (χ1v) is 6.15. The quantitative estimate of drug-likeness (QED) is 0.652. The first-order valence-electron chi connectivity index (χ1n) is 6.15. The number of hydrogen-bond donors (Lipinski definition) is 1. The summed E-state index contributed by atoms with van der Waals surface area (Å²) in [5.74, 6) is -0.0981. The van der Waals surface area contributed by atoms with Gasteiger partial charge in [0.15, 0.2) is 5.78 Å². The summed E-state index contributed by atoms with van der Waals surface area (Å²) < 4.78 is 4.62. The van der Waals surface area contributed by atoms with Crippen LogP contribution in [-0.4, -0.2) is 32.0 Å². The van der Waals surface area contributed by atoms with Gasteiger partial charge in [0.1, 0.15) is 0 Å². The highest BCUT2D eigenvalue weighted by Gasteiger charge is 2.22. The van der Waals surface area contributed by atoms with E-state index in [1.807, 2.05) is 0 Å². The Morgan fingerprint density at radius 1 is 1.11 bits per heavy atom. The van der Waals surface area contributed by atoms with Crippen molar-refractivity contribution in [1.29, 1.82) is 0 Å². The Kier molecular flexibility index (Phi) is 4.10. The number of hydrogen-bond acceptors (Lipinski definition) is 4. The van der Waals surface area contributed by atoms with Gasteiger partial charge in [0.25, 0.3) is 0 Å². The average Bonchev–Trinajstić information content (AvgIpc) is 2.47. The Balaban J connectivity index is 2.08. The number of rotatable bonds is 3. The number of methoxy groups -OCH3 is 1. The van der Waals surface area contributed by atoms with Gasteiger partial charge in [0, 0.05) is 11.5 Å². The lowest BCUT2D eigenvalue weighted by Crippen LogP contribution is -2.31. The van der Waals surface area contributed by atoms with E-state index in [0.29, 0.717) is 11.1 Å². The summed E-state index contributed by atoms with van der Waals surface area (Å²) in [6.45, 7) is 1.80. The molecule has 0 saturated carbocycles. The van der Waals surface area contributed by atoms with E-state index in [-0.39, 0.29) is 17.7 Å². The maximum atomic E-state index is 12.2. The van der Waals surface area contributed by atoms with Gasteiger partial charge in [0.05, 0.1) is 12.7 Å². The molecule has 2 rings (SSSR count). The van der Waals surface area contributed by atoms with E-state index < -0.39 is 0 Å². The van der Waals surface area contributed by atoms with Crippen molar-refractivity contribution >= 4 is 11.8 Å². The van der Waals surface area contributed by atoms with E-state index in [1.165, 1.54) is 7.11 Å². The molecule has 1 aromatic carbocycles. The third-order valence-corrected chi connectivity index (χ3v) is 3.30. The van der Waals surface area contributed by atoms with Crippen LogP contribution in [0.5, 0.6) is 0 Å². The zero-order valence-electron chi connectivity index (χ0n) is 10.4. The molecule has 1 aliphatic rings. The SMILES string of the molecule is COC(=O)c1ccc(C(=O)C2CCNCC2)cc1. The fourth-order valence-electron chi connectivity index (χ4n) is 2.21. The molecule has 4 heteroatoms. The molecular weight excluding hydrogens is 230 g/mol. The smallest absolute Gasteiger partial charge is 0.337 e. The third-order valence-electron chi connectivity index (χ3n) is 3.30. The molecule has 0 amide bonds. The molecule has 4 nitrogen and oxygen atoms in total. The topological polar surface area (TPSA) is 55.4 Å². The molecule has 1 fully saturated rings. The number of Topliss-reactive ketones (excluding diaryl/α,β-unsaturated/α-hetero) is 1. The van der Waals surface area contributed by atoms with E-state index in [1.54, 1.807) is 24.3 Å². The zero-order chi connectivity index (χ0) is 13.0. The first-order chi connectivity index (χ1) is 8.72. The van der Waals surface area contributed by atoms with Crippen LogP contribution in [0.1, 0.15) is 33.6 Å². The van der Waals surface area contributed by atoms with Crippen LogP contribution in [0, 0.1) is 5.92 Å². The second-order valence-electron chi connectivity index (χ2n) is 4.46. The third kappa shape index (κ3) is 2.76. The molecule has 1 aliphatic heterocycles. The lowest BCUT2D eigenvalue weighted by atomic mass is 9.89. The molecule has 1 N–H and O–H groups in total. The summed E-state index contributed by atoms with van der Waals surface area (Å²) in [5, 5.41) is 3.24. The minimum atomic E-state index is -0.379.